The average Bonchev–Trinajstić information content (AvgIpc) is 3.29. The Morgan fingerprint density at radius 1 is 1.08 bits per heavy atom. The highest BCUT2D eigenvalue weighted by atomic mass is 32.1. The number of hydrogen-bond donors (Lipinski definition) is 1. The molecule has 1 aliphatic carbocycles. The first-order chi connectivity index (χ1) is 18.2. The van der Waals surface area contributed by atoms with Gasteiger partial charge in [-0.2, -0.15) is 5.10 Å². The number of anilines is 1. The molecule has 1 saturated carbocycles. The molecule has 1 fully saturated rings. The van der Waals surface area contributed by atoms with Crippen LogP contribution >= 0.6 is 11.3 Å². The largest absolute Gasteiger partial charge is 0.294 e. The quantitative estimate of drug-likeness (QED) is 0.249. The van der Waals surface area contributed by atoms with Crippen LogP contribution in [-0.4, -0.2) is 27.2 Å². The second-order valence-electron chi connectivity index (χ2n) is 9.95. The Balaban J connectivity index is 1.34. The van der Waals surface area contributed by atoms with Gasteiger partial charge in [-0.15, -0.1) is 11.3 Å². The molecule has 0 amide bonds. The van der Waals surface area contributed by atoms with Crippen molar-refractivity contribution in [2.24, 2.45) is 5.10 Å². The van der Waals surface area contributed by atoms with Crippen LogP contribution in [0.5, 0.6) is 0 Å². The van der Waals surface area contributed by atoms with E-state index in [1.807, 2.05) is 10.6 Å². The molecule has 190 valence electrons. The first-order valence-corrected chi connectivity index (χ1v) is 13.8. The van der Waals surface area contributed by atoms with Crippen molar-refractivity contribution < 1.29 is 4.39 Å². The third-order valence-corrected chi connectivity index (χ3v) is 8.53. The van der Waals surface area contributed by atoms with E-state index in [1.165, 1.54) is 34.6 Å². The van der Waals surface area contributed by atoms with Gasteiger partial charge in [0.2, 0.25) is 5.95 Å². The summed E-state index contributed by atoms with van der Waals surface area (Å²) in [5, 5.41) is 5.15. The van der Waals surface area contributed by atoms with Crippen LogP contribution < -0.4 is 11.0 Å². The molecular formula is C29H30FN5OS. The van der Waals surface area contributed by atoms with E-state index in [4.69, 9.17) is 4.98 Å². The minimum atomic E-state index is -0.285. The van der Waals surface area contributed by atoms with Crippen LogP contribution in [0.1, 0.15) is 59.7 Å². The number of halogens is 1. The summed E-state index contributed by atoms with van der Waals surface area (Å²) in [6, 6.07) is 16.8. The Morgan fingerprint density at radius 2 is 1.86 bits per heavy atom. The molecule has 2 aliphatic rings. The molecule has 6 nitrogen and oxygen atoms in total. The van der Waals surface area contributed by atoms with E-state index < -0.39 is 0 Å². The Morgan fingerprint density at radius 3 is 2.65 bits per heavy atom. The fourth-order valence-electron chi connectivity index (χ4n) is 5.55. The summed E-state index contributed by atoms with van der Waals surface area (Å²) in [6.45, 7) is 2.66. The second kappa shape index (κ2) is 10.6. The molecule has 1 aliphatic heterocycles. The molecule has 2 aromatic carbocycles. The predicted molar refractivity (Wildman–Crippen MR) is 148 cm³/mol. The summed E-state index contributed by atoms with van der Waals surface area (Å²) in [5.74, 6) is 0.204. The summed E-state index contributed by atoms with van der Waals surface area (Å²) in [5.41, 5.74) is 6.34. The number of fused-ring (bicyclic) bond motifs is 3. The lowest BCUT2D eigenvalue weighted by molar-refractivity contribution is 0.249. The topological polar surface area (TPSA) is 62.5 Å². The van der Waals surface area contributed by atoms with Gasteiger partial charge in [-0.1, -0.05) is 61.7 Å². The van der Waals surface area contributed by atoms with Crippen molar-refractivity contribution in [3.8, 4) is 0 Å². The molecule has 2 aromatic heterocycles. The summed E-state index contributed by atoms with van der Waals surface area (Å²) >= 11 is 1.63. The first kappa shape index (κ1) is 24.0. The van der Waals surface area contributed by atoms with Crippen LogP contribution in [-0.2, 0) is 19.5 Å². The average molecular weight is 516 g/mol. The van der Waals surface area contributed by atoms with E-state index in [9.17, 15) is 9.18 Å². The molecule has 8 heteroatoms. The molecule has 0 unspecified atom stereocenters. The molecule has 1 N–H and O–H groups in total. The van der Waals surface area contributed by atoms with E-state index in [1.54, 1.807) is 29.7 Å². The van der Waals surface area contributed by atoms with Crippen molar-refractivity contribution in [3.05, 3.63) is 92.3 Å². The minimum absolute atomic E-state index is 0.0467. The first-order valence-electron chi connectivity index (χ1n) is 13.0. The lowest BCUT2D eigenvalue weighted by Crippen LogP contribution is -2.31. The number of hydrazone groups is 1. The Labute approximate surface area is 219 Å². The number of nitrogens with zero attached hydrogens (tertiary/aromatic N) is 4. The van der Waals surface area contributed by atoms with Gasteiger partial charge in [0.05, 0.1) is 11.6 Å². The van der Waals surface area contributed by atoms with Crippen LogP contribution in [0.3, 0.4) is 0 Å². The van der Waals surface area contributed by atoms with Crippen LogP contribution in [0.15, 0.2) is 64.5 Å². The van der Waals surface area contributed by atoms with Gasteiger partial charge in [0.1, 0.15) is 10.6 Å². The number of hydrogen-bond acceptors (Lipinski definition) is 6. The number of nitrogens with one attached hydrogen (secondary N) is 1. The van der Waals surface area contributed by atoms with Gasteiger partial charge in [0.25, 0.3) is 5.56 Å². The highest BCUT2D eigenvalue weighted by molar-refractivity contribution is 7.18. The lowest BCUT2D eigenvalue weighted by Gasteiger charge is -2.27. The SMILES string of the molecule is O=c1c2c3c(sc2nc(N/N=C/c2ccc(F)cc2)n1C1CCCCC1)CN(Cc1ccccc1)CC3. The van der Waals surface area contributed by atoms with Gasteiger partial charge >= 0.3 is 0 Å². The van der Waals surface area contributed by atoms with Crippen LogP contribution in [0.2, 0.25) is 0 Å². The zero-order valence-electron chi connectivity index (χ0n) is 20.7. The molecule has 37 heavy (non-hydrogen) atoms. The van der Waals surface area contributed by atoms with Crippen molar-refractivity contribution in [2.75, 3.05) is 12.0 Å². The van der Waals surface area contributed by atoms with Crippen molar-refractivity contribution in [1.82, 2.24) is 14.5 Å². The fraction of sp³-hybridized carbons (Fsp3) is 0.345. The van der Waals surface area contributed by atoms with E-state index >= 15 is 0 Å². The highest BCUT2D eigenvalue weighted by Crippen LogP contribution is 2.36. The van der Waals surface area contributed by atoms with E-state index in [0.717, 1.165) is 67.5 Å². The summed E-state index contributed by atoms with van der Waals surface area (Å²) in [6.07, 6.45) is 7.87. The Kier molecular flexibility index (Phi) is 6.85. The maximum Gasteiger partial charge on any atom is 0.264 e. The van der Waals surface area contributed by atoms with Gasteiger partial charge in [0.15, 0.2) is 0 Å². The molecule has 4 aromatic rings. The van der Waals surface area contributed by atoms with Gasteiger partial charge in [-0.25, -0.2) is 14.8 Å². The maximum absolute atomic E-state index is 14.0. The molecular weight excluding hydrogens is 485 g/mol. The number of thiophene rings is 1. The van der Waals surface area contributed by atoms with E-state index in [0.29, 0.717) is 5.95 Å². The zero-order valence-corrected chi connectivity index (χ0v) is 21.5. The molecule has 0 radical (unpaired) electrons. The van der Waals surface area contributed by atoms with Crippen LogP contribution in [0, 0.1) is 5.82 Å². The normalized spacial score (nSPS) is 16.9. The van der Waals surface area contributed by atoms with Gasteiger partial charge < -0.3 is 0 Å². The Hall–Kier alpha value is -3.36. The summed E-state index contributed by atoms with van der Waals surface area (Å²) in [4.78, 5) is 23.4. The summed E-state index contributed by atoms with van der Waals surface area (Å²) < 4.78 is 15.1. The van der Waals surface area contributed by atoms with Gasteiger partial charge in [-0.3, -0.25) is 14.3 Å². The zero-order chi connectivity index (χ0) is 25.2. The smallest absolute Gasteiger partial charge is 0.264 e. The standard InChI is InChI=1S/C29H30FN5OS/c30-22-13-11-20(12-14-22)17-31-33-29-32-27-26(28(36)35(29)23-9-5-2-6-10-23)24-15-16-34(19-25(24)37-27)18-21-7-3-1-4-8-21/h1,3-4,7-8,11-14,17,23H,2,5-6,9-10,15-16,18-19H2,(H,32,33)/b31-17+. The Bertz CT molecular complexity index is 1470. The number of rotatable bonds is 6. The highest BCUT2D eigenvalue weighted by Gasteiger charge is 2.28. The van der Waals surface area contributed by atoms with Crippen LogP contribution in [0.25, 0.3) is 10.2 Å². The van der Waals surface area contributed by atoms with Gasteiger partial charge in [0, 0.05) is 30.6 Å². The van der Waals surface area contributed by atoms with Crippen LogP contribution in [0.4, 0.5) is 10.3 Å². The van der Waals surface area contributed by atoms with Gasteiger partial charge in [-0.05, 0) is 48.1 Å². The molecule has 3 heterocycles. The maximum atomic E-state index is 14.0. The van der Waals surface area contributed by atoms with Crippen molar-refractivity contribution in [3.63, 3.8) is 0 Å². The molecule has 0 atom stereocenters. The molecule has 6 rings (SSSR count). The molecule has 0 spiro atoms. The van der Waals surface area contributed by atoms with Crippen molar-refractivity contribution in [1.29, 1.82) is 0 Å². The second-order valence-corrected chi connectivity index (χ2v) is 11.0. The third kappa shape index (κ3) is 5.08. The number of benzene rings is 2. The minimum Gasteiger partial charge on any atom is -0.294 e. The van der Waals surface area contributed by atoms with Crippen molar-refractivity contribution >= 4 is 33.7 Å². The van der Waals surface area contributed by atoms with Crippen molar-refractivity contribution in [2.45, 2.75) is 57.7 Å². The fourth-order valence-corrected chi connectivity index (χ4v) is 6.81. The lowest BCUT2D eigenvalue weighted by atomic mass is 9.95. The molecule has 0 saturated heterocycles. The monoisotopic (exact) mass is 515 g/mol. The van der Waals surface area contributed by atoms with E-state index in [2.05, 4.69) is 39.7 Å². The molecule has 0 bridgehead atoms. The predicted octanol–water partition coefficient (Wildman–Crippen LogP) is 6.11. The van der Waals surface area contributed by atoms with E-state index in [-0.39, 0.29) is 17.4 Å². The third-order valence-electron chi connectivity index (χ3n) is 7.42. The summed E-state index contributed by atoms with van der Waals surface area (Å²) in [7, 11) is 0. The number of aromatic nitrogens is 2.